The second-order valence-corrected chi connectivity index (χ2v) is 5.63. The van der Waals surface area contributed by atoms with Crippen molar-refractivity contribution in [2.24, 2.45) is 0 Å². The van der Waals surface area contributed by atoms with Crippen molar-refractivity contribution in [3.8, 4) is 5.75 Å². The van der Waals surface area contributed by atoms with Crippen molar-refractivity contribution in [2.45, 2.75) is 26.8 Å². The number of benzene rings is 1. The maximum Gasteiger partial charge on any atom is 0.226 e. The molecular weight excluding hydrogens is 306 g/mol. The van der Waals surface area contributed by atoms with Crippen LogP contribution in [0.2, 0.25) is 0 Å². The molecule has 6 heteroatoms. The molecule has 0 unspecified atom stereocenters. The van der Waals surface area contributed by atoms with Crippen LogP contribution in [0.25, 0.3) is 11.0 Å². The van der Waals surface area contributed by atoms with Crippen molar-refractivity contribution in [3.05, 3.63) is 53.0 Å². The molecule has 0 saturated heterocycles. The Morgan fingerprint density at radius 3 is 2.83 bits per heavy atom. The lowest BCUT2D eigenvalue weighted by atomic mass is 10.1. The predicted molar refractivity (Wildman–Crippen MR) is 89.8 cm³/mol. The summed E-state index contributed by atoms with van der Waals surface area (Å²) < 4.78 is 10.6. The number of nitrogens with one attached hydrogen (secondary N) is 1. The van der Waals surface area contributed by atoms with Gasteiger partial charge in [-0.2, -0.15) is 0 Å². The van der Waals surface area contributed by atoms with Gasteiger partial charge in [0, 0.05) is 22.7 Å². The van der Waals surface area contributed by atoms with Gasteiger partial charge in [-0.15, -0.1) is 0 Å². The van der Waals surface area contributed by atoms with Gasteiger partial charge in [0.25, 0.3) is 0 Å². The van der Waals surface area contributed by atoms with Gasteiger partial charge in [0.2, 0.25) is 5.91 Å². The summed E-state index contributed by atoms with van der Waals surface area (Å²) in [4.78, 5) is 16.6. The molecule has 2 heterocycles. The Bertz CT molecular complexity index is 886. The molecule has 1 N–H and O–H groups in total. The van der Waals surface area contributed by atoms with Crippen LogP contribution < -0.4 is 10.1 Å². The van der Waals surface area contributed by atoms with Crippen LogP contribution in [0.4, 0.5) is 0 Å². The molecule has 1 amide bonds. The van der Waals surface area contributed by atoms with E-state index in [0.29, 0.717) is 17.8 Å². The molecule has 0 aliphatic carbocycles. The Kier molecular flexibility index (Phi) is 4.46. The smallest absolute Gasteiger partial charge is 0.226 e. The number of carbonyl (C=O) groups is 1. The van der Waals surface area contributed by atoms with Gasteiger partial charge in [-0.05, 0) is 26.0 Å². The minimum absolute atomic E-state index is 0.130. The number of nitrogens with zero attached hydrogens (tertiary/aromatic N) is 2. The van der Waals surface area contributed by atoms with Crippen LogP contribution in [0.1, 0.15) is 22.5 Å². The van der Waals surface area contributed by atoms with Crippen LogP contribution >= 0.6 is 0 Å². The molecule has 0 aliphatic heterocycles. The molecule has 3 rings (SSSR count). The number of carbonyl (C=O) groups excluding carboxylic acids is 1. The number of hydrogen-bond donors (Lipinski definition) is 1. The van der Waals surface area contributed by atoms with E-state index in [0.717, 1.165) is 28.0 Å². The highest BCUT2D eigenvalue weighted by Crippen LogP contribution is 2.24. The highest BCUT2D eigenvalue weighted by atomic mass is 16.5. The minimum Gasteiger partial charge on any atom is -0.496 e. The zero-order valence-electron chi connectivity index (χ0n) is 13.9. The zero-order valence-corrected chi connectivity index (χ0v) is 13.9. The summed E-state index contributed by atoms with van der Waals surface area (Å²) in [6, 6.07) is 7.49. The molecule has 0 fully saturated rings. The first-order valence-electron chi connectivity index (χ1n) is 7.69. The van der Waals surface area contributed by atoms with E-state index >= 15 is 0 Å². The van der Waals surface area contributed by atoms with E-state index in [-0.39, 0.29) is 12.3 Å². The van der Waals surface area contributed by atoms with Crippen molar-refractivity contribution in [1.82, 2.24) is 15.5 Å². The predicted octanol–water partition coefficient (Wildman–Crippen LogP) is 2.71. The average molecular weight is 325 g/mol. The van der Waals surface area contributed by atoms with Crippen LogP contribution in [0.5, 0.6) is 5.75 Å². The van der Waals surface area contributed by atoms with Crippen LogP contribution in [0.15, 0.2) is 35.0 Å². The fraction of sp³-hybridized carbons (Fsp3) is 0.278. The molecule has 6 nitrogen and oxygen atoms in total. The summed E-state index contributed by atoms with van der Waals surface area (Å²) in [6.45, 7) is 4.22. The molecule has 0 spiro atoms. The van der Waals surface area contributed by atoms with Gasteiger partial charge in [0.1, 0.15) is 11.4 Å². The van der Waals surface area contributed by atoms with Crippen LogP contribution in [0.3, 0.4) is 0 Å². The van der Waals surface area contributed by atoms with E-state index in [2.05, 4.69) is 15.5 Å². The maximum absolute atomic E-state index is 12.2. The Morgan fingerprint density at radius 1 is 1.25 bits per heavy atom. The molecule has 0 bridgehead atoms. The third-order valence-corrected chi connectivity index (χ3v) is 3.98. The lowest BCUT2D eigenvalue weighted by molar-refractivity contribution is -0.120. The third kappa shape index (κ3) is 3.08. The molecule has 2 aromatic heterocycles. The fourth-order valence-corrected chi connectivity index (χ4v) is 2.71. The van der Waals surface area contributed by atoms with Crippen molar-refractivity contribution < 1.29 is 14.1 Å². The van der Waals surface area contributed by atoms with Crippen molar-refractivity contribution in [2.75, 3.05) is 7.11 Å². The Morgan fingerprint density at radius 2 is 2.04 bits per heavy atom. The highest BCUT2D eigenvalue weighted by molar-refractivity contribution is 5.86. The summed E-state index contributed by atoms with van der Waals surface area (Å²) in [5, 5.41) is 7.71. The summed E-state index contributed by atoms with van der Waals surface area (Å²) in [5.41, 5.74) is 4.01. The second-order valence-electron chi connectivity index (χ2n) is 5.63. The van der Waals surface area contributed by atoms with Gasteiger partial charge in [0.05, 0.1) is 25.8 Å². The second kappa shape index (κ2) is 6.70. The minimum atomic E-state index is -0.130. The first kappa shape index (κ1) is 16.0. The van der Waals surface area contributed by atoms with Crippen LogP contribution in [-0.2, 0) is 17.8 Å². The number of pyridine rings is 1. The van der Waals surface area contributed by atoms with E-state index in [1.165, 1.54) is 0 Å². The third-order valence-electron chi connectivity index (χ3n) is 3.98. The van der Waals surface area contributed by atoms with Gasteiger partial charge >= 0.3 is 0 Å². The van der Waals surface area contributed by atoms with E-state index < -0.39 is 0 Å². The van der Waals surface area contributed by atoms with E-state index in [4.69, 9.17) is 9.26 Å². The van der Waals surface area contributed by atoms with Crippen molar-refractivity contribution >= 4 is 16.9 Å². The van der Waals surface area contributed by atoms with Crippen molar-refractivity contribution in [1.29, 1.82) is 0 Å². The number of fused-ring (bicyclic) bond motifs is 1. The van der Waals surface area contributed by atoms with Gasteiger partial charge < -0.3 is 14.6 Å². The number of aryl methyl sites for hydroxylation is 1. The zero-order chi connectivity index (χ0) is 17.1. The van der Waals surface area contributed by atoms with Gasteiger partial charge in [-0.25, -0.2) is 0 Å². The summed E-state index contributed by atoms with van der Waals surface area (Å²) in [6.07, 6.45) is 1.91. The quantitative estimate of drug-likeness (QED) is 0.780. The number of methoxy groups -OCH3 is 1. The lowest BCUT2D eigenvalue weighted by Gasteiger charge is -2.12. The number of ether oxygens (including phenoxy) is 1. The molecular formula is C18H19N3O3. The highest BCUT2D eigenvalue weighted by Gasteiger charge is 2.14. The van der Waals surface area contributed by atoms with Gasteiger partial charge in [0.15, 0.2) is 5.58 Å². The Hall–Kier alpha value is -2.89. The molecule has 124 valence electrons. The summed E-state index contributed by atoms with van der Waals surface area (Å²) >= 11 is 0. The van der Waals surface area contributed by atoms with Crippen molar-refractivity contribution in [3.63, 3.8) is 0 Å². The van der Waals surface area contributed by atoms with Crippen LogP contribution in [-0.4, -0.2) is 23.2 Å². The molecule has 0 saturated carbocycles. The average Bonchev–Trinajstić information content (AvgIpc) is 2.98. The standard InChI is InChI=1S/C18H19N3O3/c1-11-9-19-15(12(2)18(11)23-3)10-20-17(22)8-14-13-6-4-5-7-16(13)24-21-14/h4-7,9H,8,10H2,1-3H3,(H,20,22). The Labute approximate surface area is 139 Å². The van der Waals surface area contributed by atoms with E-state index in [9.17, 15) is 4.79 Å². The molecule has 24 heavy (non-hydrogen) atoms. The summed E-state index contributed by atoms with van der Waals surface area (Å²) in [5.74, 6) is 0.673. The largest absolute Gasteiger partial charge is 0.496 e. The lowest BCUT2D eigenvalue weighted by Crippen LogP contribution is -2.25. The first-order chi connectivity index (χ1) is 11.6. The topological polar surface area (TPSA) is 77.2 Å². The fourth-order valence-electron chi connectivity index (χ4n) is 2.71. The molecule has 0 aliphatic rings. The van der Waals surface area contributed by atoms with E-state index in [1.54, 1.807) is 13.3 Å². The SMILES string of the molecule is COc1c(C)cnc(CNC(=O)Cc2noc3ccccc23)c1C. The number of rotatable bonds is 5. The Balaban J connectivity index is 1.68. The number of aromatic nitrogens is 2. The monoisotopic (exact) mass is 325 g/mol. The molecule has 0 atom stereocenters. The molecule has 0 radical (unpaired) electrons. The van der Waals surface area contributed by atoms with Gasteiger partial charge in [-0.3, -0.25) is 9.78 Å². The van der Waals surface area contributed by atoms with Gasteiger partial charge in [-0.1, -0.05) is 17.3 Å². The molecule has 1 aromatic carbocycles. The normalized spacial score (nSPS) is 10.8. The summed E-state index contributed by atoms with van der Waals surface area (Å²) in [7, 11) is 1.63. The van der Waals surface area contributed by atoms with Crippen LogP contribution in [0, 0.1) is 13.8 Å². The molecule has 3 aromatic rings. The van der Waals surface area contributed by atoms with E-state index in [1.807, 2.05) is 38.1 Å². The first-order valence-corrected chi connectivity index (χ1v) is 7.69. The number of amides is 1. The number of para-hydroxylation sites is 1. The number of hydrogen-bond acceptors (Lipinski definition) is 5. The maximum atomic E-state index is 12.2.